The van der Waals surface area contributed by atoms with E-state index in [1.165, 1.54) is 11.6 Å². The van der Waals surface area contributed by atoms with Crippen LogP contribution in [-0.2, 0) is 10.2 Å². The lowest BCUT2D eigenvalue weighted by Crippen LogP contribution is -2.17. The predicted molar refractivity (Wildman–Crippen MR) is 75.2 cm³/mol. The fourth-order valence-electron chi connectivity index (χ4n) is 1.63. The number of hydrogen-bond acceptors (Lipinski definition) is 2. The predicted octanol–water partition coefficient (Wildman–Crippen LogP) is 3.06. The van der Waals surface area contributed by atoms with E-state index < -0.39 is 5.97 Å². The van der Waals surface area contributed by atoms with Gasteiger partial charge in [-0.2, -0.15) is 0 Å². The molecule has 1 N–H and O–H groups in total. The molecule has 3 heteroatoms. The lowest BCUT2D eigenvalue weighted by Gasteiger charge is -2.22. The van der Waals surface area contributed by atoms with Crippen molar-refractivity contribution in [2.24, 2.45) is 0 Å². The van der Waals surface area contributed by atoms with Crippen molar-refractivity contribution in [3.63, 3.8) is 0 Å². The number of nitrogens with zero attached hydrogens (tertiary/aromatic N) is 1. The maximum Gasteiger partial charge on any atom is 0.328 e. The van der Waals surface area contributed by atoms with Crippen LogP contribution in [0.15, 0.2) is 36.4 Å². The number of hydrogen-bond donors (Lipinski definition) is 1. The molecule has 0 heterocycles. The third-order valence-corrected chi connectivity index (χ3v) is 2.81. The van der Waals surface area contributed by atoms with Gasteiger partial charge in [0.1, 0.15) is 0 Å². The van der Waals surface area contributed by atoms with Crippen molar-refractivity contribution < 1.29 is 9.90 Å². The van der Waals surface area contributed by atoms with Crippen LogP contribution in [-0.4, -0.2) is 24.7 Å². The zero-order chi connectivity index (χ0) is 13.8. The third kappa shape index (κ3) is 4.24. The van der Waals surface area contributed by atoms with Gasteiger partial charge in [-0.15, -0.1) is 0 Å². The molecule has 0 aliphatic carbocycles. The monoisotopic (exact) mass is 247 g/mol. The van der Waals surface area contributed by atoms with Crippen molar-refractivity contribution in [1.82, 2.24) is 0 Å². The molecule has 0 saturated carbocycles. The van der Waals surface area contributed by atoms with Crippen LogP contribution >= 0.6 is 0 Å². The number of carboxylic acid groups (broad SMARTS) is 1. The normalized spacial score (nSPS) is 11.8. The number of rotatable bonds is 4. The third-order valence-electron chi connectivity index (χ3n) is 2.81. The Morgan fingerprint density at radius 3 is 2.28 bits per heavy atom. The summed E-state index contributed by atoms with van der Waals surface area (Å²) in [5.74, 6) is -0.911. The van der Waals surface area contributed by atoms with Crippen molar-refractivity contribution in [2.75, 3.05) is 18.5 Å². The summed E-state index contributed by atoms with van der Waals surface area (Å²) in [5.41, 5.74) is 2.53. The summed E-state index contributed by atoms with van der Waals surface area (Å²) in [7, 11) is 1.94. The van der Waals surface area contributed by atoms with E-state index in [4.69, 9.17) is 5.11 Å². The average Bonchev–Trinajstić information content (AvgIpc) is 2.27. The lowest BCUT2D eigenvalue weighted by atomic mass is 9.87. The Morgan fingerprint density at radius 1 is 1.28 bits per heavy atom. The number of carbonyl (C=O) groups is 1. The smallest absolute Gasteiger partial charge is 0.328 e. The first kappa shape index (κ1) is 14.3. The highest BCUT2D eigenvalue weighted by Gasteiger charge is 2.13. The molecule has 18 heavy (non-hydrogen) atoms. The molecule has 0 saturated heterocycles. The highest BCUT2D eigenvalue weighted by Crippen LogP contribution is 2.24. The number of benzene rings is 1. The van der Waals surface area contributed by atoms with Crippen LogP contribution in [0.4, 0.5) is 5.69 Å². The topological polar surface area (TPSA) is 40.5 Å². The molecule has 0 unspecified atom stereocenters. The van der Waals surface area contributed by atoms with Crippen LogP contribution in [0.2, 0.25) is 0 Å². The van der Waals surface area contributed by atoms with Gasteiger partial charge < -0.3 is 10.0 Å². The second-order valence-corrected chi connectivity index (χ2v) is 5.42. The summed E-state index contributed by atoms with van der Waals surface area (Å²) in [6, 6.07) is 8.36. The summed E-state index contributed by atoms with van der Waals surface area (Å²) in [5, 5.41) is 8.52. The summed E-state index contributed by atoms with van der Waals surface area (Å²) in [6.45, 7) is 7.13. The number of aliphatic carboxylic acids is 1. The second-order valence-electron chi connectivity index (χ2n) is 5.42. The van der Waals surface area contributed by atoms with Crippen LogP contribution in [0, 0.1) is 0 Å². The van der Waals surface area contributed by atoms with Gasteiger partial charge in [0.2, 0.25) is 0 Å². The van der Waals surface area contributed by atoms with Crippen LogP contribution in [0.5, 0.6) is 0 Å². The quantitative estimate of drug-likeness (QED) is 0.831. The molecule has 1 aromatic carbocycles. The van der Waals surface area contributed by atoms with E-state index in [0.717, 1.165) is 5.69 Å². The molecule has 0 aromatic heterocycles. The van der Waals surface area contributed by atoms with Crippen molar-refractivity contribution in [3.8, 4) is 0 Å². The number of likely N-dealkylation sites (N-methyl/N-ethyl adjacent to an activating group) is 1. The van der Waals surface area contributed by atoms with E-state index in [2.05, 4.69) is 45.0 Å². The Labute approximate surface area is 109 Å². The standard InChI is InChI=1S/C15H21NO2/c1-15(2,3)12-7-9-13(10-8-12)16(4)11-5-6-14(17)18/h5-10H,11H2,1-4H3,(H,17,18)/b6-5+. The lowest BCUT2D eigenvalue weighted by molar-refractivity contribution is -0.131. The van der Waals surface area contributed by atoms with Gasteiger partial charge in [0.05, 0.1) is 0 Å². The van der Waals surface area contributed by atoms with E-state index in [1.807, 2.05) is 11.9 Å². The van der Waals surface area contributed by atoms with E-state index in [-0.39, 0.29) is 5.41 Å². The van der Waals surface area contributed by atoms with Crippen molar-refractivity contribution in [3.05, 3.63) is 42.0 Å². The van der Waals surface area contributed by atoms with Crippen molar-refractivity contribution >= 4 is 11.7 Å². The van der Waals surface area contributed by atoms with Crippen molar-refractivity contribution in [1.29, 1.82) is 0 Å². The number of carboxylic acids is 1. The fraction of sp³-hybridized carbons (Fsp3) is 0.400. The zero-order valence-electron chi connectivity index (χ0n) is 11.5. The Morgan fingerprint density at radius 2 is 1.83 bits per heavy atom. The maximum absolute atomic E-state index is 10.4. The summed E-state index contributed by atoms with van der Waals surface area (Å²) in [6.07, 6.45) is 2.81. The molecule has 0 amide bonds. The first-order chi connectivity index (χ1) is 8.30. The molecule has 3 nitrogen and oxygen atoms in total. The van der Waals surface area contributed by atoms with Crippen LogP contribution < -0.4 is 4.90 Å². The largest absolute Gasteiger partial charge is 0.478 e. The SMILES string of the molecule is CN(C/C=C/C(=O)O)c1ccc(C(C)(C)C)cc1. The summed E-state index contributed by atoms with van der Waals surface area (Å²) in [4.78, 5) is 12.4. The van der Waals surface area contributed by atoms with Crippen molar-refractivity contribution in [2.45, 2.75) is 26.2 Å². The van der Waals surface area contributed by atoms with Gasteiger partial charge >= 0.3 is 5.97 Å². The Kier molecular flexibility index (Phi) is 4.54. The molecule has 1 aromatic rings. The molecule has 0 aliphatic rings. The van der Waals surface area contributed by atoms with Crippen LogP contribution in [0.1, 0.15) is 26.3 Å². The number of anilines is 1. The highest BCUT2D eigenvalue weighted by atomic mass is 16.4. The van der Waals surface area contributed by atoms with Gasteiger partial charge in [-0.1, -0.05) is 39.0 Å². The molecule has 0 spiro atoms. The van der Waals surface area contributed by atoms with Crippen LogP contribution in [0.3, 0.4) is 0 Å². The average molecular weight is 247 g/mol. The minimum absolute atomic E-state index is 0.153. The Bertz CT molecular complexity index is 427. The van der Waals surface area contributed by atoms with Gasteiger partial charge in [0, 0.05) is 25.4 Å². The molecule has 0 bridgehead atoms. The highest BCUT2D eigenvalue weighted by molar-refractivity contribution is 5.79. The molecular formula is C15H21NO2. The summed E-state index contributed by atoms with van der Waals surface area (Å²) < 4.78 is 0. The first-order valence-corrected chi connectivity index (χ1v) is 6.02. The molecule has 0 radical (unpaired) electrons. The Balaban J connectivity index is 2.70. The van der Waals surface area contributed by atoms with E-state index >= 15 is 0 Å². The molecule has 1 rings (SSSR count). The van der Waals surface area contributed by atoms with E-state index in [9.17, 15) is 4.79 Å². The fourth-order valence-corrected chi connectivity index (χ4v) is 1.63. The zero-order valence-corrected chi connectivity index (χ0v) is 11.5. The second kappa shape index (κ2) is 5.71. The van der Waals surface area contributed by atoms with E-state index in [1.54, 1.807) is 6.08 Å². The van der Waals surface area contributed by atoms with Gasteiger partial charge in [-0.3, -0.25) is 0 Å². The molecule has 98 valence electrons. The van der Waals surface area contributed by atoms with E-state index in [0.29, 0.717) is 6.54 Å². The first-order valence-electron chi connectivity index (χ1n) is 6.02. The van der Waals surface area contributed by atoms with Gasteiger partial charge in [0.25, 0.3) is 0 Å². The molecule has 0 aliphatic heterocycles. The van der Waals surface area contributed by atoms with Gasteiger partial charge in [-0.05, 0) is 23.1 Å². The maximum atomic E-state index is 10.4. The molecular weight excluding hydrogens is 226 g/mol. The van der Waals surface area contributed by atoms with Gasteiger partial charge in [-0.25, -0.2) is 4.79 Å². The Hall–Kier alpha value is -1.77. The minimum Gasteiger partial charge on any atom is -0.478 e. The van der Waals surface area contributed by atoms with Crippen LogP contribution in [0.25, 0.3) is 0 Å². The minimum atomic E-state index is -0.911. The molecule has 0 atom stereocenters. The molecule has 0 fully saturated rings. The summed E-state index contributed by atoms with van der Waals surface area (Å²) >= 11 is 0. The van der Waals surface area contributed by atoms with Gasteiger partial charge in [0.15, 0.2) is 0 Å².